The van der Waals surface area contributed by atoms with Crippen molar-refractivity contribution in [2.75, 3.05) is 25.6 Å². The summed E-state index contributed by atoms with van der Waals surface area (Å²) in [4.78, 5) is 11.8. The Labute approximate surface area is 129 Å². The fraction of sp³-hybridized carbons (Fsp3) is 0.462. The summed E-state index contributed by atoms with van der Waals surface area (Å²) in [5.74, 6) is -0.360. The van der Waals surface area contributed by atoms with Crippen molar-refractivity contribution >= 4 is 43.5 Å². The van der Waals surface area contributed by atoms with E-state index in [1.807, 2.05) is 6.07 Å². The van der Waals surface area contributed by atoms with Crippen LogP contribution in [0.25, 0.3) is 0 Å². The molecule has 2 rings (SSSR count). The Morgan fingerprint density at radius 2 is 2.26 bits per heavy atom. The van der Waals surface area contributed by atoms with E-state index in [1.54, 1.807) is 6.07 Å². The molecular weight excluding hydrogens is 378 g/mol. The van der Waals surface area contributed by atoms with Crippen LogP contribution in [0.4, 0.5) is 5.69 Å². The Morgan fingerprint density at radius 1 is 1.47 bits per heavy atom. The highest BCUT2D eigenvalue weighted by Gasteiger charge is 2.20. The maximum atomic E-state index is 11.8. The summed E-state index contributed by atoms with van der Waals surface area (Å²) < 4.78 is 11.9. The molecule has 4 nitrogen and oxygen atoms in total. The monoisotopic (exact) mass is 391 g/mol. The maximum absolute atomic E-state index is 11.8. The first-order valence-electron chi connectivity index (χ1n) is 6.03. The number of carbonyl (C=O) groups is 1. The number of esters is 1. The van der Waals surface area contributed by atoms with Gasteiger partial charge in [-0.15, -0.1) is 0 Å². The molecule has 0 amide bonds. The molecule has 1 saturated heterocycles. The number of benzene rings is 1. The molecule has 1 unspecified atom stereocenters. The standard InChI is InChI=1S/C13H15Br2NO3/c1-18-13(17)10-5-8(14)6-11(15)12(10)16-9-3-2-4-19-7-9/h5-6,9,16H,2-4,7H2,1H3. The highest BCUT2D eigenvalue weighted by atomic mass is 79.9. The van der Waals surface area contributed by atoms with E-state index in [0.717, 1.165) is 34.1 Å². The molecule has 0 bridgehead atoms. The number of ether oxygens (including phenoxy) is 2. The molecule has 1 N–H and O–H groups in total. The summed E-state index contributed by atoms with van der Waals surface area (Å²) in [5, 5.41) is 3.37. The molecule has 6 heteroatoms. The van der Waals surface area contributed by atoms with Crippen LogP contribution in [0.1, 0.15) is 23.2 Å². The van der Waals surface area contributed by atoms with Crippen LogP contribution in [0.2, 0.25) is 0 Å². The van der Waals surface area contributed by atoms with E-state index in [0.29, 0.717) is 12.2 Å². The minimum Gasteiger partial charge on any atom is -0.465 e. The number of hydrogen-bond acceptors (Lipinski definition) is 4. The summed E-state index contributed by atoms with van der Waals surface area (Å²) in [6, 6.07) is 3.87. The molecule has 104 valence electrons. The quantitative estimate of drug-likeness (QED) is 0.798. The SMILES string of the molecule is COC(=O)c1cc(Br)cc(Br)c1NC1CCCOC1. The van der Waals surface area contributed by atoms with Gasteiger partial charge in [-0.25, -0.2) is 4.79 Å². The minimum atomic E-state index is -0.360. The zero-order chi connectivity index (χ0) is 13.8. The zero-order valence-corrected chi connectivity index (χ0v) is 13.7. The molecule has 1 heterocycles. The lowest BCUT2D eigenvalue weighted by molar-refractivity contribution is 0.0600. The van der Waals surface area contributed by atoms with Gasteiger partial charge in [0.05, 0.1) is 25.0 Å². The number of anilines is 1. The lowest BCUT2D eigenvalue weighted by Gasteiger charge is -2.25. The average Bonchev–Trinajstić information content (AvgIpc) is 2.42. The summed E-state index contributed by atoms with van der Waals surface area (Å²) >= 11 is 6.86. The first-order chi connectivity index (χ1) is 9.11. The largest absolute Gasteiger partial charge is 0.465 e. The van der Waals surface area contributed by atoms with Crippen LogP contribution in [0.5, 0.6) is 0 Å². The summed E-state index contributed by atoms with van der Waals surface area (Å²) in [6.45, 7) is 1.46. The Hall–Kier alpha value is -0.590. The third kappa shape index (κ3) is 3.70. The van der Waals surface area contributed by atoms with E-state index in [-0.39, 0.29) is 12.0 Å². The van der Waals surface area contributed by atoms with Crippen LogP contribution in [0, 0.1) is 0 Å². The van der Waals surface area contributed by atoms with Crippen molar-refractivity contribution in [2.45, 2.75) is 18.9 Å². The van der Waals surface area contributed by atoms with E-state index in [2.05, 4.69) is 37.2 Å². The smallest absolute Gasteiger partial charge is 0.340 e. The molecular formula is C13H15Br2NO3. The molecule has 1 aliphatic heterocycles. The second-order valence-corrected chi connectivity index (χ2v) is 6.13. The van der Waals surface area contributed by atoms with Crippen molar-refractivity contribution in [3.05, 3.63) is 26.6 Å². The first kappa shape index (κ1) is 14.8. The topological polar surface area (TPSA) is 47.6 Å². The molecule has 1 aliphatic rings. The zero-order valence-electron chi connectivity index (χ0n) is 10.5. The van der Waals surface area contributed by atoms with Gasteiger partial charge in [0.2, 0.25) is 0 Å². The first-order valence-corrected chi connectivity index (χ1v) is 7.62. The number of hydrogen-bond donors (Lipinski definition) is 1. The molecule has 0 aromatic heterocycles. The van der Waals surface area contributed by atoms with Crippen LogP contribution < -0.4 is 5.32 Å². The second-order valence-electron chi connectivity index (χ2n) is 4.36. The van der Waals surface area contributed by atoms with Crippen molar-refractivity contribution in [1.29, 1.82) is 0 Å². The minimum absolute atomic E-state index is 0.217. The van der Waals surface area contributed by atoms with Crippen LogP contribution in [-0.2, 0) is 9.47 Å². The molecule has 1 fully saturated rings. The average molecular weight is 393 g/mol. The van der Waals surface area contributed by atoms with E-state index < -0.39 is 0 Å². The third-order valence-electron chi connectivity index (χ3n) is 2.97. The Morgan fingerprint density at radius 3 is 2.89 bits per heavy atom. The van der Waals surface area contributed by atoms with Crippen LogP contribution >= 0.6 is 31.9 Å². The van der Waals surface area contributed by atoms with Crippen molar-refractivity contribution < 1.29 is 14.3 Å². The van der Waals surface area contributed by atoms with Gasteiger partial charge in [-0.05, 0) is 40.9 Å². The van der Waals surface area contributed by atoms with Gasteiger partial charge in [0, 0.05) is 21.6 Å². The van der Waals surface area contributed by atoms with Gasteiger partial charge in [0.25, 0.3) is 0 Å². The fourth-order valence-electron chi connectivity index (χ4n) is 2.05. The molecule has 0 spiro atoms. The van der Waals surface area contributed by atoms with E-state index in [1.165, 1.54) is 7.11 Å². The molecule has 0 radical (unpaired) electrons. The predicted octanol–water partition coefficient (Wildman–Crippen LogP) is 3.59. The van der Waals surface area contributed by atoms with Crippen molar-refractivity contribution in [3.63, 3.8) is 0 Å². The number of methoxy groups -OCH3 is 1. The number of halogens is 2. The highest BCUT2D eigenvalue weighted by Crippen LogP contribution is 2.32. The highest BCUT2D eigenvalue weighted by molar-refractivity contribution is 9.11. The Balaban J connectivity index is 2.28. The second kappa shape index (κ2) is 6.72. The number of carbonyl (C=O) groups excluding carboxylic acids is 1. The molecule has 19 heavy (non-hydrogen) atoms. The number of rotatable bonds is 3. The Bertz CT molecular complexity index is 473. The molecule has 1 aromatic rings. The van der Waals surface area contributed by atoms with Gasteiger partial charge >= 0.3 is 5.97 Å². The Kier molecular flexibility index (Phi) is 5.24. The maximum Gasteiger partial charge on any atom is 0.340 e. The summed E-state index contributed by atoms with van der Waals surface area (Å²) in [5.41, 5.74) is 1.26. The van der Waals surface area contributed by atoms with Crippen LogP contribution in [0.3, 0.4) is 0 Å². The normalized spacial score (nSPS) is 19.0. The van der Waals surface area contributed by atoms with Gasteiger partial charge in [-0.2, -0.15) is 0 Å². The lowest BCUT2D eigenvalue weighted by atomic mass is 10.1. The molecule has 1 atom stereocenters. The lowest BCUT2D eigenvalue weighted by Crippen LogP contribution is -2.30. The van der Waals surface area contributed by atoms with Crippen LogP contribution in [-0.4, -0.2) is 32.3 Å². The van der Waals surface area contributed by atoms with Gasteiger partial charge in [-0.1, -0.05) is 15.9 Å². The van der Waals surface area contributed by atoms with Crippen LogP contribution in [0.15, 0.2) is 21.1 Å². The van der Waals surface area contributed by atoms with Crippen molar-refractivity contribution in [1.82, 2.24) is 0 Å². The van der Waals surface area contributed by atoms with Crippen molar-refractivity contribution in [3.8, 4) is 0 Å². The predicted molar refractivity (Wildman–Crippen MR) is 80.6 cm³/mol. The molecule has 0 saturated carbocycles. The van der Waals surface area contributed by atoms with Gasteiger partial charge in [0.15, 0.2) is 0 Å². The number of nitrogens with one attached hydrogen (secondary N) is 1. The summed E-state index contributed by atoms with van der Waals surface area (Å²) in [7, 11) is 1.38. The molecule has 0 aliphatic carbocycles. The van der Waals surface area contributed by atoms with Gasteiger partial charge in [-0.3, -0.25) is 0 Å². The third-order valence-corrected chi connectivity index (χ3v) is 4.05. The van der Waals surface area contributed by atoms with Gasteiger partial charge in [0.1, 0.15) is 0 Å². The van der Waals surface area contributed by atoms with Gasteiger partial charge < -0.3 is 14.8 Å². The van der Waals surface area contributed by atoms with E-state index in [4.69, 9.17) is 9.47 Å². The van der Waals surface area contributed by atoms with E-state index >= 15 is 0 Å². The fourth-order valence-corrected chi connectivity index (χ4v) is 3.39. The molecule has 1 aromatic carbocycles. The summed E-state index contributed by atoms with van der Waals surface area (Å²) in [6.07, 6.45) is 2.06. The van der Waals surface area contributed by atoms with E-state index in [9.17, 15) is 4.79 Å². The van der Waals surface area contributed by atoms with Crippen molar-refractivity contribution in [2.24, 2.45) is 0 Å².